The summed E-state index contributed by atoms with van der Waals surface area (Å²) in [6.07, 6.45) is 1.39. The molecule has 1 N–H and O–H groups in total. The fourth-order valence-electron chi connectivity index (χ4n) is 1.92. The van der Waals surface area contributed by atoms with Gasteiger partial charge in [-0.15, -0.1) is 0 Å². The Bertz CT molecular complexity index is 347. The van der Waals surface area contributed by atoms with Gasteiger partial charge in [0.25, 0.3) is 0 Å². The van der Waals surface area contributed by atoms with E-state index in [0.717, 1.165) is 18.7 Å². The van der Waals surface area contributed by atoms with Crippen molar-refractivity contribution in [3.63, 3.8) is 0 Å². The number of hydrogen-bond acceptors (Lipinski definition) is 2. The van der Waals surface area contributed by atoms with Crippen LogP contribution in [0.3, 0.4) is 0 Å². The molecule has 0 bridgehead atoms. The van der Waals surface area contributed by atoms with E-state index >= 15 is 0 Å². The van der Waals surface area contributed by atoms with Gasteiger partial charge in [0.2, 0.25) is 0 Å². The number of hydrogen-bond donors (Lipinski definition) is 1. The zero-order valence-electron chi connectivity index (χ0n) is 12.4. The number of nitrogens with one attached hydrogen (secondary N) is 1. The molecule has 1 atom stereocenters. The average molecular weight is 249 g/mol. The summed E-state index contributed by atoms with van der Waals surface area (Å²) in [6.45, 7) is 11.8. The maximum Gasteiger partial charge on any atom is 0.119 e. The van der Waals surface area contributed by atoms with Crippen LogP contribution in [-0.2, 0) is 0 Å². The van der Waals surface area contributed by atoms with Crippen LogP contribution in [0, 0.1) is 0 Å². The first-order valence-corrected chi connectivity index (χ1v) is 6.99. The zero-order chi connectivity index (χ0) is 13.5. The maximum atomic E-state index is 5.73. The van der Waals surface area contributed by atoms with Crippen LogP contribution in [0.4, 0.5) is 0 Å². The van der Waals surface area contributed by atoms with Gasteiger partial charge in [0, 0.05) is 6.04 Å². The summed E-state index contributed by atoms with van der Waals surface area (Å²) in [5, 5.41) is 3.46. The molecule has 1 rings (SSSR count). The third-order valence-corrected chi connectivity index (χ3v) is 2.93. The molecule has 0 fully saturated rings. The highest BCUT2D eigenvalue weighted by Gasteiger charge is 2.07. The second-order valence-electron chi connectivity index (χ2n) is 5.54. The van der Waals surface area contributed by atoms with Gasteiger partial charge in [-0.3, -0.25) is 0 Å². The Balaban J connectivity index is 2.54. The van der Waals surface area contributed by atoms with Gasteiger partial charge in [-0.05, 0) is 50.4 Å². The molecular weight excluding hydrogens is 222 g/mol. The van der Waals surface area contributed by atoms with E-state index in [2.05, 4.69) is 58.1 Å². The summed E-state index contributed by atoms with van der Waals surface area (Å²) in [7, 11) is 0. The minimum Gasteiger partial charge on any atom is -0.491 e. The van der Waals surface area contributed by atoms with Crippen molar-refractivity contribution in [3.05, 3.63) is 29.8 Å². The molecule has 0 heterocycles. The van der Waals surface area contributed by atoms with E-state index in [0.29, 0.717) is 12.0 Å². The molecule has 0 saturated carbocycles. The fourth-order valence-corrected chi connectivity index (χ4v) is 1.92. The standard InChI is InChI=1S/C16H27NO/c1-12(2)17-10-9-14(5)15-7-6-8-16(11-15)18-13(3)4/h6-8,11-14,17H,9-10H2,1-5H3. The van der Waals surface area contributed by atoms with Crippen LogP contribution in [0.15, 0.2) is 24.3 Å². The predicted octanol–water partition coefficient (Wildman–Crippen LogP) is 3.97. The highest BCUT2D eigenvalue weighted by Crippen LogP contribution is 2.23. The van der Waals surface area contributed by atoms with E-state index in [1.807, 2.05) is 6.07 Å². The van der Waals surface area contributed by atoms with Crippen LogP contribution < -0.4 is 10.1 Å². The summed E-state index contributed by atoms with van der Waals surface area (Å²) in [5.41, 5.74) is 1.36. The Morgan fingerprint density at radius 1 is 1.11 bits per heavy atom. The maximum absolute atomic E-state index is 5.73. The van der Waals surface area contributed by atoms with E-state index in [1.165, 1.54) is 5.56 Å². The lowest BCUT2D eigenvalue weighted by Gasteiger charge is -2.16. The molecule has 102 valence electrons. The Morgan fingerprint density at radius 3 is 2.44 bits per heavy atom. The van der Waals surface area contributed by atoms with Gasteiger partial charge in [0.1, 0.15) is 5.75 Å². The highest BCUT2D eigenvalue weighted by molar-refractivity contribution is 5.30. The van der Waals surface area contributed by atoms with Crippen molar-refractivity contribution < 1.29 is 4.74 Å². The van der Waals surface area contributed by atoms with Crippen molar-refractivity contribution in [2.45, 2.75) is 59.1 Å². The third kappa shape index (κ3) is 5.54. The zero-order valence-corrected chi connectivity index (χ0v) is 12.4. The molecule has 0 aromatic heterocycles. The van der Waals surface area contributed by atoms with Crippen molar-refractivity contribution in [2.24, 2.45) is 0 Å². The summed E-state index contributed by atoms with van der Waals surface area (Å²) in [5.74, 6) is 1.54. The van der Waals surface area contributed by atoms with Crippen molar-refractivity contribution in [1.29, 1.82) is 0 Å². The Kier molecular flexibility index (Phi) is 6.20. The van der Waals surface area contributed by atoms with Gasteiger partial charge < -0.3 is 10.1 Å². The van der Waals surface area contributed by atoms with Gasteiger partial charge in [-0.2, -0.15) is 0 Å². The molecule has 0 spiro atoms. The quantitative estimate of drug-likeness (QED) is 0.789. The van der Waals surface area contributed by atoms with E-state index in [-0.39, 0.29) is 6.10 Å². The smallest absolute Gasteiger partial charge is 0.119 e. The van der Waals surface area contributed by atoms with Crippen molar-refractivity contribution in [1.82, 2.24) is 5.32 Å². The van der Waals surface area contributed by atoms with Crippen molar-refractivity contribution in [2.75, 3.05) is 6.54 Å². The molecule has 0 aliphatic carbocycles. The van der Waals surface area contributed by atoms with Gasteiger partial charge in [-0.25, -0.2) is 0 Å². The molecule has 1 unspecified atom stereocenters. The van der Waals surface area contributed by atoms with E-state index in [1.54, 1.807) is 0 Å². The highest BCUT2D eigenvalue weighted by atomic mass is 16.5. The van der Waals surface area contributed by atoms with Crippen LogP contribution >= 0.6 is 0 Å². The summed E-state index contributed by atoms with van der Waals surface area (Å²) in [6, 6.07) is 9.03. The van der Waals surface area contributed by atoms with Crippen molar-refractivity contribution in [3.8, 4) is 5.75 Å². The van der Waals surface area contributed by atoms with E-state index < -0.39 is 0 Å². The van der Waals surface area contributed by atoms with Crippen LogP contribution in [0.5, 0.6) is 5.75 Å². The van der Waals surface area contributed by atoms with Crippen LogP contribution in [0.25, 0.3) is 0 Å². The van der Waals surface area contributed by atoms with Gasteiger partial charge >= 0.3 is 0 Å². The lowest BCUT2D eigenvalue weighted by atomic mass is 9.97. The summed E-state index contributed by atoms with van der Waals surface area (Å²) in [4.78, 5) is 0. The number of benzene rings is 1. The molecule has 0 aliphatic rings. The molecule has 1 aromatic carbocycles. The van der Waals surface area contributed by atoms with Gasteiger partial charge in [0.15, 0.2) is 0 Å². The largest absolute Gasteiger partial charge is 0.491 e. The average Bonchev–Trinajstić information content (AvgIpc) is 2.27. The molecule has 0 aliphatic heterocycles. The molecule has 0 saturated heterocycles. The predicted molar refractivity (Wildman–Crippen MR) is 78.4 cm³/mol. The lowest BCUT2D eigenvalue weighted by molar-refractivity contribution is 0.242. The molecule has 0 amide bonds. The van der Waals surface area contributed by atoms with E-state index in [9.17, 15) is 0 Å². The Hall–Kier alpha value is -1.02. The second-order valence-corrected chi connectivity index (χ2v) is 5.54. The summed E-state index contributed by atoms with van der Waals surface area (Å²) < 4.78 is 5.73. The molecule has 1 aromatic rings. The lowest BCUT2D eigenvalue weighted by Crippen LogP contribution is -2.24. The molecule has 2 nitrogen and oxygen atoms in total. The minimum absolute atomic E-state index is 0.234. The van der Waals surface area contributed by atoms with Crippen LogP contribution in [0.1, 0.15) is 52.5 Å². The van der Waals surface area contributed by atoms with Crippen molar-refractivity contribution >= 4 is 0 Å². The van der Waals surface area contributed by atoms with Gasteiger partial charge in [-0.1, -0.05) is 32.9 Å². The van der Waals surface area contributed by atoms with Crippen LogP contribution in [-0.4, -0.2) is 18.7 Å². The molecule has 2 heteroatoms. The molecule has 18 heavy (non-hydrogen) atoms. The molecular formula is C16H27NO. The normalized spacial score (nSPS) is 13.1. The summed E-state index contributed by atoms with van der Waals surface area (Å²) >= 11 is 0. The molecule has 0 radical (unpaired) electrons. The first kappa shape index (κ1) is 15.0. The Labute approximate surface area is 112 Å². The first-order valence-electron chi connectivity index (χ1n) is 6.99. The van der Waals surface area contributed by atoms with E-state index in [4.69, 9.17) is 4.74 Å². The number of ether oxygens (including phenoxy) is 1. The van der Waals surface area contributed by atoms with Crippen LogP contribution in [0.2, 0.25) is 0 Å². The number of rotatable bonds is 7. The third-order valence-electron chi connectivity index (χ3n) is 2.93. The van der Waals surface area contributed by atoms with Gasteiger partial charge in [0.05, 0.1) is 6.10 Å². The first-order chi connectivity index (χ1) is 8.49. The monoisotopic (exact) mass is 249 g/mol. The second kappa shape index (κ2) is 7.42. The Morgan fingerprint density at radius 2 is 1.83 bits per heavy atom. The fraction of sp³-hybridized carbons (Fsp3) is 0.625. The topological polar surface area (TPSA) is 21.3 Å². The SMILES string of the molecule is CC(C)NCCC(C)c1cccc(OC(C)C)c1. The minimum atomic E-state index is 0.234.